The van der Waals surface area contributed by atoms with Crippen LogP contribution >= 0.6 is 0 Å². The van der Waals surface area contributed by atoms with Crippen LogP contribution in [0.2, 0.25) is 0 Å². The SMILES string of the molecule is CN(C(=O)C(=O)N1CCNCC1)c1ccccc1. The Hall–Kier alpha value is -1.88. The van der Waals surface area contributed by atoms with Gasteiger partial charge in [0.15, 0.2) is 0 Å². The molecule has 1 aromatic rings. The zero-order chi connectivity index (χ0) is 13.0. The first-order valence-electron chi connectivity index (χ1n) is 6.03. The molecule has 5 nitrogen and oxygen atoms in total. The lowest BCUT2D eigenvalue weighted by Crippen LogP contribution is -2.51. The fourth-order valence-corrected chi connectivity index (χ4v) is 1.92. The Labute approximate surface area is 106 Å². The van der Waals surface area contributed by atoms with Crippen molar-refractivity contribution in [3.05, 3.63) is 30.3 Å². The van der Waals surface area contributed by atoms with E-state index in [1.807, 2.05) is 30.3 Å². The first kappa shape index (κ1) is 12.6. The van der Waals surface area contributed by atoms with Crippen LogP contribution in [0.5, 0.6) is 0 Å². The van der Waals surface area contributed by atoms with Crippen molar-refractivity contribution in [2.45, 2.75) is 0 Å². The van der Waals surface area contributed by atoms with Crippen LogP contribution in [0.1, 0.15) is 0 Å². The van der Waals surface area contributed by atoms with Crippen molar-refractivity contribution in [1.82, 2.24) is 10.2 Å². The second kappa shape index (κ2) is 5.64. The third-order valence-corrected chi connectivity index (χ3v) is 3.04. The largest absolute Gasteiger partial charge is 0.332 e. The number of benzene rings is 1. The summed E-state index contributed by atoms with van der Waals surface area (Å²) in [7, 11) is 1.62. The van der Waals surface area contributed by atoms with Gasteiger partial charge < -0.3 is 15.1 Å². The third kappa shape index (κ3) is 2.68. The van der Waals surface area contributed by atoms with Crippen molar-refractivity contribution >= 4 is 17.5 Å². The molecule has 1 heterocycles. The van der Waals surface area contributed by atoms with Crippen LogP contribution in [0, 0.1) is 0 Å². The van der Waals surface area contributed by atoms with Crippen molar-refractivity contribution < 1.29 is 9.59 Å². The summed E-state index contributed by atoms with van der Waals surface area (Å²) in [5.74, 6) is -0.911. The molecule has 0 aliphatic carbocycles. The number of hydrogen-bond acceptors (Lipinski definition) is 3. The molecule has 0 spiro atoms. The fourth-order valence-electron chi connectivity index (χ4n) is 1.92. The van der Waals surface area contributed by atoms with E-state index in [1.54, 1.807) is 11.9 Å². The lowest BCUT2D eigenvalue weighted by atomic mass is 10.3. The Morgan fingerprint density at radius 3 is 2.39 bits per heavy atom. The number of nitrogens with one attached hydrogen (secondary N) is 1. The van der Waals surface area contributed by atoms with Crippen molar-refractivity contribution in [2.75, 3.05) is 38.1 Å². The molecule has 0 bridgehead atoms. The predicted octanol–water partition coefficient (Wildman–Crippen LogP) is 0.0812. The zero-order valence-corrected chi connectivity index (χ0v) is 10.4. The standard InChI is InChI=1S/C13H17N3O2/c1-15(11-5-3-2-4-6-11)12(17)13(18)16-9-7-14-8-10-16/h2-6,14H,7-10H2,1H3. The van der Waals surface area contributed by atoms with E-state index in [2.05, 4.69) is 5.32 Å². The monoisotopic (exact) mass is 247 g/mol. The number of hydrogen-bond donors (Lipinski definition) is 1. The van der Waals surface area contributed by atoms with Crippen LogP contribution in [0.4, 0.5) is 5.69 Å². The third-order valence-electron chi connectivity index (χ3n) is 3.04. The zero-order valence-electron chi connectivity index (χ0n) is 10.4. The van der Waals surface area contributed by atoms with E-state index in [-0.39, 0.29) is 0 Å². The van der Waals surface area contributed by atoms with E-state index in [4.69, 9.17) is 0 Å². The van der Waals surface area contributed by atoms with Gasteiger partial charge in [-0.25, -0.2) is 0 Å². The molecule has 5 heteroatoms. The highest BCUT2D eigenvalue weighted by Gasteiger charge is 2.26. The summed E-state index contributed by atoms with van der Waals surface area (Å²) in [4.78, 5) is 27.1. The van der Waals surface area contributed by atoms with E-state index in [0.717, 1.165) is 18.8 Å². The lowest BCUT2D eigenvalue weighted by Gasteiger charge is -2.28. The summed E-state index contributed by atoms with van der Waals surface area (Å²) in [6.07, 6.45) is 0. The Bertz CT molecular complexity index is 427. The molecule has 0 aromatic heterocycles. The van der Waals surface area contributed by atoms with Gasteiger partial charge in [-0.3, -0.25) is 9.59 Å². The smallest absolute Gasteiger partial charge is 0.316 e. The van der Waals surface area contributed by atoms with Gasteiger partial charge in [-0.2, -0.15) is 0 Å². The average Bonchev–Trinajstić information content (AvgIpc) is 2.47. The number of anilines is 1. The number of para-hydroxylation sites is 1. The Morgan fingerprint density at radius 1 is 1.17 bits per heavy atom. The number of likely N-dealkylation sites (N-methyl/N-ethyl adjacent to an activating group) is 1. The summed E-state index contributed by atoms with van der Waals surface area (Å²) < 4.78 is 0. The second-order valence-electron chi connectivity index (χ2n) is 4.24. The molecule has 1 aliphatic heterocycles. The van der Waals surface area contributed by atoms with Gasteiger partial charge in [0.25, 0.3) is 0 Å². The van der Waals surface area contributed by atoms with E-state index in [0.29, 0.717) is 13.1 Å². The minimum Gasteiger partial charge on any atom is -0.332 e. The normalized spacial score (nSPS) is 15.3. The van der Waals surface area contributed by atoms with Gasteiger partial charge in [0.1, 0.15) is 0 Å². The minimum absolute atomic E-state index is 0.428. The molecule has 1 N–H and O–H groups in total. The summed E-state index contributed by atoms with van der Waals surface area (Å²) in [6.45, 7) is 2.67. The summed E-state index contributed by atoms with van der Waals surface area (Å²) >= 11 is 0. The van der Waals surface area contributed by atoms with E-state index in [9.17, 15) is 9.59 Å². The molecule has 0 saturated carbocycles. The molecule has 0 radical (unpaired) electrons. The molecule has 1 aromatic carbocycles. The van der Waals surface area contributed by atoms with Crippen molar-refractivity contribution in [3.8, 4) is 0 Å². The number of carbonyl (C=O) groups excluding carboxylic acids is 2. The van der Waals surface area contributed by atoms with Crippen LogP contribution in [0.15, 0.2) is 30.3 Å². The number of piperazine rings is 1. The highest BCUT2D eigenvalue weighted by atomic mass is 16.2. The number of amides is 2. The molecule has 0 atom stereocenters. The number of rotatable bonds is 1. The Kier molecular flexibility index (Phi) is 3.94. The molecule has 2 rings (SSSR count). The molecular formula is C13H17N3O2. The van der Waals surface area contributed by atoms with Crippen LogP contribution in [0.25, 0.3) is 0 Å². The molecule has 96 valence electrons. The highest BCUT2D eigenvalue weighted by molar-refractivity contribution is 6.40. The van der Waals surface area contributed by atoms with Crippen molar-refractivity contribution in [3.63, 3.8) is 0 Å². The topological polar surface area (TPSA) is 52.7 Å². The van der Waals surface area contributed by atoms with Crippen LogP contribution in [-0.2, 0) is 9.59 Å². The van der Waals surface area contributed by atoms with Gasteiger partial charge in [-0.1, -0.05) is 18.2 Å². The minimum atomic E-state index is -0.483. The van der Waals surface area contributed by atoms with E-state index >= 15 is 0 Å². The summed E-state index contributed by atoms with van der Waals surface area (Å²) in [5, 5.41) is 3.15. The number of carbonyl (C=O) groups is 2. The second-order valence-corrected chi connectivity index (χ2v) is 4.24. The maximum atomic E-state index is 12.1. The lowest BCUT2D eigenvalue weighted by molar-refractivity contribution is -0.144. The summed E-state index contributed by atoms with van der Waals surface area (Å²) in [5.41, 5.74) is 0.728. The molecular weight excluding hydrogens is 230 g/mol. The first-order valence-corrected chi connectivity index (χ1v) is 6.03. The van der Waals surface area contributed by atoms with Gasteiger partial charge in [0, 0.05) is 38.9 Å². The number of nitrogens with zero attached hydrogens (tertiary/aromatic N) is 2. The molecule has 1 saturated heterocycles. The van der Waals surface area contributed by atoms with Gasteiger partial charge >= 0.3 is 11.8 Å². The van der Waals surface area contributed by atoms with Crippen LogP contribution in [-0.4, -0.2) is 49.9 Å². The Balaban J connectivity index is 2.04. The predicted molar refractivity (Wildman–Crippen MR) is 69.3 cm³/mol. The quantitative estimate of drug-likeness (QED) is 0.715. The molecule has 1 fully saturated rings. The maximum Gasteiger partial charge on any atom is 0.316 e. The molecule has 18 heavy (non-hydrogen) atoms. The van der Waals surface area contributed by atoms with Gasteiger partial charge in [0.05, 0.1) is 0 Å². The van der Waals surface area contributed by atoms with Gasteiger partial charge in [0.2, 0.25) is 0 Å². The van der Waals surface area contributed by atoms with Crippen LogP contribution in [0.3, 0.4) is 0 Å². The summed E-state index contributed by atoms with van der Waals surface area (Å²) in [6, 6.07) is 9.18. The molecule has 0 unspecified atom stereocenters. The van der Waals surface area contributed by atoms with E-state index in [1.165, 1.54) is 4.90 Å². The van der Waals surface area contributed by atoms with Crippen molar-refractivity contribution in [2.24, 2.45) is 0 Å². The Morgan fingerprint density at radius 2 is 1.78 bits per heavy atom. The van der Waals surface area contributed by atoms with Crippen LogP contribution < -0.4 is 10.2 Å². The first-order chi connectivity index (χ1) is 8.70. The van der Waals surface area contributed by atoms with E-state index < -0.39 is 11.8 Å². The highest BCUT2D eigenvalue weighted by Crippen LogP contribution is 2.12. The fraction of sp³-hybridized carbons (Fsp3) is 0.385. The molecule has 2 amide bonds. The van der Waals surface area contributed by atoms with Crippen molar-refractivity contribution in [1.29, 1.82) is 0 Å². The molecule has 1 aliphatic rings. The van der Waals surface area contributed by atoms with Gasteiger partial charge in [-0.15, -0.1) is 0 Å². The van der Waals surface area contributed by atoms with Gasteiger partial charge in [-0.05, 0) is 12.1 Å². The maximum absolute atomic E-state index is 12.1. The average molecular weight is 247 g/mol.